The molecule has 0 unspecified atom stereocenters. The van der Waals surface area contributed by atoms with Crippen LogP contribution < -0.4 is 11.1 Å². The normalized spacial score (nSPS) is 10.5. The standard InChI is InChI=1S/C14H19N3OS/c1-14(2,3)19-10-13(18)17-12-8-4-6-11(16-12)7-5-9-15/h4,6,8H,9-10,15H2,1-3H3,(H,16,17,18). The Hall–Kier alpha value is -1.51. The number of carbonyl (C=O) groups excluding carboxylic acids is 1. The highest BCUT2D eigenvalue weighted by Gasteiger charge is 2.13. The van der Waals surface area contributed by atoms with E-state index in [4.69, 9.17) is 5.73 Å². The summed E-state index contributed by atoms with van der Waals surface area (Å²) in [6.07, 6.45) is 0. The number of hydrogen-bond donors (Lipinski definition) is 2. The number of amides is 1. The molecule has 0 aromatic carbocycles. The lowest BCUT2D eigenvalue weighted by atomic mass is 10.3. The first-order valence-corrected chi connectivity index (χ1v) is 6.99. The maximum Gasteiger partial charge on any atom is 0.235 e. The van der Waals surface area contributed by atoms with Crippen molar-refractivity contribution in [2.75, 3.05) is 17.6 Å². The second-order valence-corrected chi connectivity index (χ2v) is 6.67. The molecule has 3 N–H and O–H groups in total. The number of hydrogen-bond acceptors (Lipinski definition) is 4. The van der Waals surface area contributed by atoms with Crippen molar-refractivity contribution in [3.63, 3.8) is 0 Å². The van der Waals surface area contributed by atoms with Crippen LogP contribution in [0.5, 0.6) is 0 Å². The molecule has 1 amide bonds. The van der Waals surface area contributed by atoms with Crippen molar-refractivity contribution in [1.82, 2.24) is 4.98 Å². The van der Waals surface area contributed by atoms with Crippen LogP contribution in [0.2, 0.25) is 0 Å². The lowest BCUT2D eigenvalue weighted by Crippen LogP contribution is -2.19. The molecule has 0 saturated carbocycles. The van der Waals surface area contributed by atoms with Gasteiger partial charge in [0, 0.05) is 4.75 Å². The fourth-order valence-electron chi connectivity index (χ4n) is 1.18. The first-order valence-electron chi connectivity index (χ1n) is 6.00. The zero-order valence-electron chi connectivity index (χ0n) is 11.5. The zero-order valence-corrected chi connectivity index (χ0v) is 12.3. The van der Waals surface area contributed by atoms with Crippen molar-refractivity contribution in [3.8, 4) is 11.8 Å². The Morgan fingerprint density at radius 3 is 2.84 bits per heavy atom. The number of carbonyl (C=O) groups is 1. The summed E-state index contributed by atoms with van der Waals surface area (Å²) in [4.78, 5) is 16.0. The van der Waals surface area contributed by atoms with Crippen LogP contribution in [0, 0.1) is 11.8 Å². The highest BCUT2D eigenvalue weighted by molar-refractivity contribution is 8.01. The summed E-state index contributed by atoms with van der Waals surface area (Å²) >= 11 is 1.59. The summed E-state index contributed by atoms with van der Waals surface area (Å²) in [7, 11) is 0. The number of aromatic nitrogens is 1. The van der Waals surface area contributed by atoms with Crippen LogP contribution in [0.25, 0.3) is 0 Å². The number of nitrogens with zero attached hydrogens (tertiary/aromatic N) is 1. The predicted molar refractivity (Wildman–Crippen MR) is 81.0 cm³/mol. The highest BCUT2D eigenvalue weighted by Crippen LogP contribution is 2.22. The van der Waals surface area contributed by atoms with Gasteiger partial charge in [-0.25, -0.2) is 4.98 Å². The molecule has 19 heavy (non-hydrogen) atoms. The largest absolute Gasteiger partial charge is 0.320 e. The number of pyridine rings is 1. The van der Waals surface area contributed by atoms with Crippen LogP contribution in [0.3, 0.4) is 0 Å². The first kappa shape index (κ1) is 15.5. The lowest BCUT2D eigenvalue weighted by molar-refractivity contribution is -0.113. The van der Waals surface area contributed by atoms with E-state index in [0.29, 0.717) is 23.8 Å². The minimum atomic E-state index is -0.0589. The average molecular weight is 277 g/mol. The van der Waals surface area contributed by atoms with E-state index in [9.17, 15) is 4.79 Å². The maximum absolute atomic E-state index is 11.8. The molecule has 1 aromatic heterocycles. The van der Waals surface area contributed by atoms with Crippen LogP contribution in [0.4, 0.5) is 5.82 Å². The van der Waals surface area contributed by atoms with E-state index in [1.165, 1.54) is 0 Å². The summed E-state index contributed by atoms with van der Waals surface area (Å²) < 4.78 is 0.0687. The van der Waals surface area contributed by atoms with Crippen molar-refractivity contribution in [2.45, 2.75) is 25.5 Å². The molecule has 4 nitrogen and oxygen atoms in total. The van der Waals surface area contributed by atoms with Gasteiger partial charge in [0.15, 0.2) is 0 Å². The Balaban J connectivity index is 2.59. The van der Waals surface area contributed by atoms with Crippen molar-refractivity contribution in [1.29, 1.82) is 0 Å². The summed E-state index contributed by atoms with van der Waals surface area (Å²) in [5, 5.41) is 2.76. The maximum atomic E-state index is 11.8. The molecule has 1 aromatic rings. The Labute approximate surface area is 118 Å². The molecule has 0 aliphatic heterocycles. The zero-order chi connectivity index (χ0) is 14.3. The second kappa shape index (κ2) is 7.17. The van der Waals surface area contributed by atoms with Crippen LogP contribution in [-0.2, 0) is 4.79 Å². The average Bonchev–Trinajstić information content (AvgIpc) is 2.33. The second-order valence-electron chi connectivity index (χ2n) is 4.86. The number of nitrogens with two attached hydrogens (primary N) is 1. The fraction of sp³-hybridized carbons (Fsp3) is 0.429. The van der Waals surface area contributed by atoms with Gasteiger partial charge >= 0.3 is 0 Å². The summed E-state index contributed by atoms with van der Waals surface area (Å²) in [6, 6.07) is 5.33. The molecule has 0 saturated heterocycles. The van der Waals surface area contributed by atoms with Gasteiger partial charge in [-0.1, -0.05) is 32.8 Å². The smallest absolute Gasteiger partial charge is 0.235 e. The topological polar surface area (TPSA) is 68.0 Å². The molecule has 0 bridgehead atoms. The molecular weight excluding hydrogens is 258 g/mol. The quantitative estimate of drug-likeness (QED) is 0.828. The molecule has 0 radical (unpaired) electrons. The third kappa shape index (κ3) is 6.85. The van der Waals surface area contributed by atoms with E-state index in [0.717, 1.165) is 0 Å². The van der Waals surface area contributed by atoms with E-state index < -0.39 is 0 Å². The molecule has 0 spiro atoms. The molecule has 5 heteroatoms. The number of nitrogens with one attached hydrogen (secondary N) is 1. The molecular formula is C14H19N3OS. The molecule has 1 heterocycles. The lowest BCUT2D eigenvalue weighted by Gasteiger charge is -2.16. The van der Waals surface area contributed by atoms with Gasteiger partial charge in [-0.05, 0) is 18.1 Å². The molecule has 102 valence electrons. The van der Waals surface area contributed by atoms with E-state index in [1.54, 1.807) is 30.0 Å². The predicted octanol–water partition coefficient (Wildman–Crippen LogP) is 1.86. The van der Waals surface area contributed by atoms with Crippen LogP contribution in [-0.4, -0.2) is 27.9 Å². The van der Waals surface area contributed by atoms with Crippen LogP contribution >= 0.6 is 11.8 Å². The number of thioether (sulfide) groups is 1. The van der Waals surface area contributed by atoms with E-state index in [2.05, 4.69) is 42.9 Å². The summed E-state index contributed by atoms with van der Waals surface area (Å²) in [5.41, 5.74) is 5.90. The van der Waals surface area contributed by atoms with Gasteiger partial charge in [0.25, 0.3) is 0 Å². The summed E-state index contributed by atoms with van der Waals surface area (Å²) in [6.45, 7) is 6.52. The van der Waals surface area contributed by atoms with Gasteiger partial charge < -0.3 is 11.1 Å². The third-order valence-corrected chi connectivity index (χ3v) is 3.24. The van der Waals surface area contributed by atoms with Gasteiger partial charge in [-0.2, -0.15) is 0 Å². The monoisotopic (exact) mass is 277 g/mol. The third-order valence-electron chi connectivity index (χ3n) is 1.97. The van der Waals surface area contributed by atoms with Gasteiger partial charge in [0.05, 0.1) is 12.3 Å². The SMILES string of the molecule is CC(C)(C)SCC(=O)Nc1cccc(C#CCN)n1. The van der Waals surface area contributed by atoms with Gasteiger partial charge in [-0.3, -0.25) is 4.79 Å². The van der Waals surface area contributed by atoms with E-state index >= 15 is 0 Å². The molecule has 0 atom stereocenters. The minimum Gasteiger partial charge on any atom is -0.320 e. The van der Waals surface area contributed by atoms with Crippen LogP contribution in [0.1, 0.15) is 26.5 Å². The highest BCUT2D eigenvalue weighted by atomic mass is 32.2. The van der Waals surface area contributed by atoms with Crippen molar-refractivity contribution >= 4 is 23.5 Å². The number of rotatable bonds is 3. The van der Waals surface area contributed by atoms with E-state index in [1.807, 2.05) is 0 Å². The van der Waals surface area contributed by atoms with Crippen molar-refractivity contribution in [2.24, 2.45) is 5.73 Å². The first-order chi connectivity index (χ1) is 8.90. The van der Waals surface area contributed by atoms with Crippen molar-refractivity contribution in [3.05, 3.63) is 23.9 Å². The number of anilines is 1. The van der Waals surface area contributed by atoms with Crippen molar-refractivity contribution < 1.29 is 4.79 Å². The molecule has 0 fully saturated rings. The van der Waals surface area contributed by atoms with Gasteiger partial charge in [0.2, 0.25) is 5.91 Å². The van der Waals surface area contributed by atoms with Crippen LogP contribution in [0.15, 0.2) is 18.2 Å². The Bertz CT molecular complexity index is 497. The van der Waals surface area contributed by atoms with Gasteiger partial charge in [0.1, 0.15) is 11.5 Å². The Morgan fingerprint density at radius 2 is 2.21 bits per heavy atom. The molecule has 0 aliphatic carbocycles. The van der Waals surface area contributed by atoms with Gasteiger partial charge in [-0.15, -0.1) is 11.8 Å². The Kier molecular flexibility index (Phi) is 5.87. The molecule has 0 aliphatic rings. The Morgan fingerprint density at radius 1 is 1.47 bits per heavy atom. The minimum absolute atomic E-state index is 0.0589. The summed E-state index contributed by atoms with van der Waals surface area (Å²) in [5.74, 6) is 6.42. The van der Waals surface area contributed by atoms with E-state index in [-0.39, 0.29) is 10.7 Å². The fourth-order valence-corrected chi connectivity index (χ4v) is 1.81. The molecule has 1 rings (SSSR count).